The molecule has 1 saturated heterocycles. The van der Waals surface area contributed by atoms with Crippen molar-refractivity contribution in [3.8, 4) is 0 Å². The van der Waals surface area contributed by atoms with Crippen molar-refractivity contribution >= 4 is 0 Å². The Hall–Kier alpha value is -0.120. The zero-order chi connectivity index (χ0) is 14.0. The average molecular weight is 268 g/mol. The first kappa shape index (κ1) is 15.3. The van der Waals surface area contributed by atoms with Gasteiger partial charge >= 0.3 is 0 Å². The van der Waals surface area contributed by atoms with Gasteiger partial charge in [0, 0.05) is 25.7 Å². The molecular formula is C16H32N2O. The lowest BCUT2D eigenvalue weighted by Gasteiger charge is -2.41. The van der Waals surface area contributed by atoms with Crippen molar-refractivity contribution in [2.24, 2.45) is 17.8 Å². The molecule has 4 unspecified atom stereocenters. The highest BCUT2D eigenvalue weighted by Crippen LogP contribution is 2.36. The third kappa shape index (κ3) is 4.17. The number of rotatable bonds is 3. The zero-order valence-corrected chi connectivity index (χ0v) is 13.2. The Labute approximate surface area is 119 Å². The van der Waals surface area contributed by atoms with Crippen LogP contribution in [0.4, 0.5) is 0 Å². The molecule has 4 atom stereocenters. The van der Waals surface area contributed by atoms with Crippen LogP contribution in [0.1, 0.15) is 39.5 Å². The lowest BCUT2D eigenvalue weighted by molar-refractivity contribution is 0.0124. The van der Waals surface area contributed by atoms with Gasteiger partial charge in [0.15, 0.2) is 0 Å². The molecule has 1 aliphatic carbocycles. The third-order valence-electron chi connectivity index (χ3n) is 5.25. The second kappa shape index (κ2) is 6.55. The number of hydrogen-bond donors (Lipinski definition) is 1. The Morgan fingerprint density at radius 3 is 2.32 bits per heavy atom. The van der Waals surface area contributed by atoms with Crippen molar-refractivity contribution < 1.29 is 5.11 Å². The van der Waals surface area contributed by atoms with Crippen LogP contribution in [0.25, 0.3) is 0 Å². The highest BCUT2D eigenvalue weighted by Gasteiger charge is 2.32. The van der Waals surface area contributed by atoms with Crippen molar-refractivity contribution in [3.05, 3.63) is 0 Å². The highest BCUT2D eigenvalue weighted by atomic mass is 16.3. The first-order valence-electron chi connectivity index (χ1n) is 8.02. The second-order valence-corrected chi connectivity index (χ2v) is 7.38. The fourth-order valence-electron chi connectivity index (χ4n) is 4.15. The largest absolute Gasteiger partial charge is 0.393 e. The number of piperazine rings is 1. The van der Waals surface area contributed by atoms with Crippen LogP contribution in [0.3, 0.4) is 0 Å². The Morgan fingerprint density at radius 2 is 1.68 bits per heavy atom. The van der Waals surface area contributed by atoms with Crippen molar-refractivity contribution in [3.63, 3.8) is 0 Å². The van der Waals surface area contributed by atoms with Crippen LogP contribution < -0.4 is 0 Å². The van der Waals surface area contributed by atoms with Gasteiger partial charge < -0.3 is 14.9 Å². The number of aliphatic hydroxyl groups is 1. The average Bonchev–Trinajstić information content (AvgIpc) is 2.32. The summed E-state index contributed by atoms with van der Waals surface area (Å²) >= 11 is 0. The summed E-state index contributed by atoms with van der Waals surface area (Å²) in [5.74, 6) is 2.10. The number of nitrogens with zero attached hydrogens (tertiary/aromatic N) is 2. The van der Waals surface area contributed by atoms with E-state index < -0.39 is 0 Å². The highest BCUT2D eigenvalue weighted by molar-refractivity contribution is 4.86. The molecule has 2 fully saturated rings. The number of likely N-dealkylation sites (N-methyl/N-ethyl adjacent to an activating group) is 2. The Bertz CT molecular complexity index is 274. The summed E-state index contributed by atoms with van der Waals surface area (Å²) in [5.41, 5.74) is 0. The van der Waals surface area contributed by atoms with Crippen molar-refractivity contribution in [2.45, 2.75) is 51.7 Å². The minimum Gasteiger partial charge on any atom is -0.393 e. The molecule has 0 aromatic rings. The minimum absolute atomic E-state index is 0.107. The Balaban J connectivity index is 1.87. The normalized spacial score (nSPS) is 40.3. The standard InChI is InChI=1S/C16H32N2O/c1-12-7-13(2)9-14(8-12)16(19)10-15-11-17(3)5-6-18(15)4/h12-16,19H,5-11H2,1-4H3. The van der Waals surface area contributed by atoms with E-state index in [0.29, 0.717) is 12.0 Å². The van der Waals surface area contributed by atoms with Crippen LogP contribution in [-0.2, 0) is 0 Å². The van der Waals surface area contributed by atoms with E-state index in [1.54, 1.807) is 0 Å². The van der Waals surface area contributed by atoms with Crippen molar-refractivity contribution in [2.75, 3.05) is 33.7 Å². The smallest absolute Gasteiger partial charge is 0.0584 e. The van der Waals surface area contributed by atoms with E-state index in [0.717, 1.165) is 37.9 Å². The van der Waals surface area contributed by atoms with Gasteiger partial charge in [-0.3, -0.25) is 0 Å². The molecule has 3 heteroatoms. The van der Waals surface area contributed by atoms with Gasteiger partial charge in [0.05, 0.1) is 6.10 Å². The molecule has 1 heterocycles. The van der Waals surface area contributed by atoms with Gasteiger partial charge in [-0.2, -0.15) is 0 Å². The van der Waals surface area contributed by atoms with Gasteiger partial charge in [-0.05, 0) is 57.5 Å². The molecule has 2 rings (SSSR count). The van der Waals surface area contributed by atoms with Gasteiger partial charge in [-0.1, -0.05) is 13.8 Å². The fourth-order valence-corrected chi connectivity index (χ4v) is 4.15. The number of aliphatic hydroxyl groups excluding tert-OH is 1. The molecule has 0 bridgehead atoms. The lowest BCUT2D eigenvalue weighted by Crippen LogP contribution is -2.51. The maximum Gasteiger partial charge on any atom is 0.0584 e. The van der Waals surface area contributed by atoms with Gasteiger partial charge in [0.25, 0.3) is 0 Å². The van der Waals surface area contributed by atoms with Crippen LogP contribution in [-0.4, -0.2) is 60.8 Å². The topological polar surface area (TPSA) is 26.7 Å². The van der Waals surface area contributed by atoms with Crippen LogP contribution in [0, 0.1) is 17.8 Å². The summed E-state index contributed by atoms with van der Waals surface area (Å²) in [6.45, 7) is 8.07. The van der Waals surface area contributed by atoms with Gasteiger partial charge in [0.1, 0.15) is 0 Å². The summed E-state index contributed by atoms with van der Waals surface area (Å²) < 4.78 is 0. The maximum atomic E-state index is 10.6. The molecular weight excluding hydrogens is 236 g/mol. The van der Waals surface area contributed by atoms with Crippen LogP contribution >= 0.6 is 0 Å². The van der Waals surface area contributed by atoms with Crippen LogP contribution in [0.2, 0.25) is 0 Å². The maximum absolute atomic E-state index is 10.6. The molecule has 1 aliphatic heterocycles. The molecule has 1 N–H and O–H groups in total. The second-order valence-electron chi connectivity index (χ2n) is 7.38. The molecule has 3 nitrogen and oxygen atoms in total. The summed E-state index contributed by atoms with van der Waals surface area (Å²) in [7, 11) is 4.40. The van der Waals surface area contributed by atoms with Gasteiger partial charge in [0.2, 0.25) is 0 Å². The van der Waals surface area contributed by atoms with Crippen molar-refractivity contribution in [1.29, 1.82) is 0 Å². The molecule has 0 aromatic carbocycles. The molecule has 2 aliphatic rings. The molecule has 112 valence electrons. The third-order valence-corrected chi connectivity index (χ3v) is 5.25. The van der Waals surface area contributed by atoms with E-state index in [2.05, 4.69) is 37.7 Å². The van der Waals surface area contributed by atoms with Crippen molar-refractivity contribution in [1.82, 2.24) is 9.80 Å². The van der Waals surface area contributed by atoms with E-state index >= 15 is 0 Å². The van der Waals surface area contributed by atoms with E-state index in [-0.39, 0.29) is 6.10 Å². The van der Waals surface area contributed by atoms with E-state index in [4.69, 9.17) is 0 Å². The SMILES string of the molecule is CC1CC(C)CC(C(O)CC2CN(C)CCN2C)C1. The number of hydrogen-bond acceptors (Lipinski definition) is 3. The van der Waals surface area contributed by atoms with Gasteiger partial charge in [-0.25, -0.2) is 0 Å². The summed E-state index contributed by atoms with van der Waals surface area (Å²) in [4.78, 5) is 4.82. The quantitative estimate of drug-likeness (QED) is 0.849. The summed E-state index contributed by atoms with van der Waals surface area (Å²) in [5, 5.41) is 10.6. The Kier molecular flexibility index (Phi) is 5.27. The predicted octanol–water partition coefficient (Wildman–Crippen LogP) is 2.06. The predicted molar refractivity (Wildman–Crippen MR) is 80.2 cm³/mol. The zero-order valence-electron chi connectivity index (χ0n) is 13.2. The molecule has 0 radical (unpaired) electrons. The summed E-state index contributed by atoms with van der Waals surface area (Å²) in [6, 6.07) is 0.529. The molecule has 0 amide bonds. The molecule has 1 saturated carbocycles. The molecule has 0 spiro atoms. The lowest BCUT2D eigenvalue weighted by atomic mass is 9.73. The van der Waals surface area contributed by atoms with E-state index in [1.807, 2.05) is 0 Å². The van der Waals surface area contributed by atoms with Crippen LogP contribution in [0.5, 0.6) is 0 Å². The molecule has 19 heavy (non-hydrogen) atoms. The molecule has 0 aromatic heterocycles. The van der Waals surface area contributed by atoms with Gasteiger partial charge in [-0.15, -0.1) is 0 Å². The van der Waals surface area contributed by atoms with E-state index in [9.17, 15) is 5.11 Å². The first-order valence-corrected chi connectivity index (χ1v) is 8.02. The van der Waals surface area contributed by atoms with Crippen LogP contribution in [0.15, 0.2) is 0 Å². The minimum atomic E-state index is -0.107. The first-order chi connectivity index (χ1) is 8.95. The summed E-state index contributed by atoms with van der Waals surface area (Å²) in [6.07, 6.45) is 4.62. The fraction of sp³-hybridized carbons (Fsp3) is 1.00. The van der Waals surface area contributed by atoms with E-state index in [1.165, 1.54) is 19.3 Å². The Morgan fingerprint density at radius 1 is 1.05 bits per heavy atom. The monoisotopic (exact) mass is 268 g/mol.